The minimum Gasteiger partial charge on any atom is -0.373 e. The summed E-state index contributed by atoms with van der Waals surface area (Å²) in [4.78, 5) is 1.44. The van der Waals surface area contributed by atoms with E-state index in [9.17, 15) is 0 Å². The summed E-state index contributed by atoms with van der Waals surface area (Å²) in [6.07, 6.45) is 2.41. The molecule has 2 unspecified atom stereocenters. The number of hydrogen-bond acceptors (Lipinski definition) is 3. The summed E-state index contributed by atoms with van der Waals surface area (Å²) in [7, 11) is 0. The molecule has 0 bridgehead atoms. The van der Waals surface area contributed by atoms with Crippen molar-refractivity contribution in [2.75, 3.05) is 25.4 Å². The maximum atomic E-state index is 6.24. The Balaban J connectivity index is 1.61. The molecule has 2 atom stereocenters. The molecular weight excluding hydrogens is 242 g/mol. The normalized spacial score (nSPS) is 31.3. The summed E-state index contributed by atoms with van der Waals surface area (Å²) in [6.45, 7) is 5.24. The molecule has 2 aliphatic rings. The van der Waals surface area contributed by atoms with Gasteiger partial charge in [-0.05, 0) is 37.9 Å². The number of thioether (sulfide) groups is 1. The lowest BCUT2D eigenvalue weighted by atomic mass is 9.95. The van der Waals surface area contributed by atoms with Crippen LogP contribution in [-0.4, -0.2) is 31.1 Å². The molecule has 0 saturated carbocycles. The quantitative estimate of drug-likeness (QED) is 0.905. The Morgan fingerprint density at radius 3 is 3.17 bits per heavy atom. The lowest BCUT2D eigenvalue weighted by molar-refractivity contribution is -0.0506. The Bertz CT molecular complexity index is 415. The molecule has 0 radical (unpaired) electrons. The number of benzene rings is 1. The number of nitrogens with one attached hydrogen (secondary N) is 1. The van der Waals surface area contributed by atoms with E-state index >= 15 is 0 Å². The fraction of sp³-hybridized carbons (Fsp3) is 0.600. The van der Waals surface area contributed by atoms with E-state index in [4.69, 9.17) is 4.74 Å². The van der Waals surface area contributed by atoms with E-state index in [-0.39, 0.29) is 5.60 Å². The van der Waals surface area contributed by atoms with Gasteiger partial charge in [0.25, 0.3) is 0 Å². The van der Waals surface area contributed by atoms with Crippen molar-refractivity contribution in [2.45, 2.75) is 36.2 Å². The minimum absolute atomic E-state index is 0.0421. The lowest BCUT2D eigenvalue weighted by Crippen LogP contribution is -2.45. The third kappa shape index (κ3) is 2.58. The molecule has 0 amide bonds. The largest absolute Gasteiger partial charge is 0.373 e. The van der Waals surface area contributed by atoms with Crippen LogP contribution in [0.5, 0.6) is 0 Å². The molecule has 18 heavy (non-hydrogen) atoms. The molecule has 0 aliphatic carbocycles. The summed E-state index contributed by atoms with van der Waals surface area (Å²) in [6, 6.07) is 8.75. The highest BCUT2D eigenvalue weighted by Gasteiger charge is 2.30. The van der Waals surface area contributed by atoms with Gasteiger partial charge in [-0.15, -0.1) is 11.8 Å². The minimum atomic E-state index is 0.0421. The van der Waals surface area contributed by atoms with Gasteiger partial charge in [0, 0.05) is 23.1 Å². The van der Waals surface area contributed by atoms with Gasteiger partial charge in [-0.2, -0.15) is 0 Å². The van der Waals surface area contributed by atoms with Crippen LogP contribution in [0.25, 0.3) is 0 Å². The van der Waals surface area contributed by atoms with Crippen LogP contribution in [0.4, 0.5) is 0 Å². The molecule has 2 nitrogen and oxygen atoms in total. The third-order valence-electron chi connectivity index (χ3n) is 3.99. The Kier molecular flexibility index (Phi) is 3.64. The molecule has 2 aliphatic heterocycles. The van der Waals surface area contributed by atoms with Crippen molar-refractivity contribution >= 4 is 11.8 Å². The molecule has 3 rings (SSSR count). The van der Waals surface area contributed by atoms with Gasteiger partial charge in [-0.3, -0.25) is 0 Å². The van der Waals surface area contributed by atoms with E-state index in [0.29, 0.717) is 5.92 Å². The Labute approximate surface area is 113 Å². The van der Waals surface area contributed by atoms with E-state index < -0.39 is 0 Å². The SMILES string of the molecule is CC1(OCC2CSc3ccccc32)CCCNC1. The predicted molar refractivity (Wildman–Crippen MR) is 76.4 cm³/mol. The van der Waals surface area contributed by atoms with Gasteiger partial charge in [0.15, 0.2) is 0 Å². The molecule has 1 fully saturated rings. The summed E-state index contributed by atoms with van der Waals surface area (Å²) >= 11 is 1.97. The second-order valence-corrected chi connectivity index (χ2v) is 6.65. The summed E-state index contributed by atoms with van der Waals surface area (Å²) in [5.41, 5.74) is 1.52. The van der Waals surface area contributed by atoms with Crippen molar-refractivity contribution in [3.05, 3.63) is 29.8 Å². The number of hydrogen-bond donors (Lipinski definition) is 1. The van der Waals surface area contributed by atoms with Crippen LogP contribution in [-0.2, 0) is 4.74 Å². The zero-order valence-electron chi connectivity index (χ0n) is 10.9. The van der Waals surface area contributed by atoms with Gasteiger partial charge in [-0.1, -0.05) is 18.2 Å². The van der Waals surface area contributed by atoms with Crippen LogP contribution in [0.1, 0.15) is 31.2 Å². The van der Waals surface area contributed by atoms with Crippen molar-refractivity contribution in [1.82, 2.24) is 5.32 Å². The van der Waals surface area contributed by atoms with Gasteiger partial charge >= 0.3 is 0 Å². The maximum absolute atomic E-state index is 6.24. The van der Waals surface area contributed by atoms with E-state index in [0.717, 1.165) is 19.7 Å². The molecular formula is C15H21NOS. The average Bonchev–Trinajstić information content (AvgIpc) is 2.81. The van der Waals surface area contributed by atoms with E-state index in [1.165, 1.54) is 29.1 Å². The highest BCUT2D eigenvalue weighted by molar-refractivity contribution is 7.99. The maximum Gasteiger partial charge on any atom is 0.0779 e. The molecule has 3 heteroatoms. The predicted octanol–water partition coefficient (Wildman–Crippen LogP) is 3.03. The molecule has 98 valence electrons. The van der Waals surface area contributed by atoms with E-state index in [1.54, 1.807) is 0 Å². The van der Waals surface area contributed by atoms with Gasteiger partial charge < -0.3 is 10.1 Å². The Hall–Kier alpha value is -0.510. The summed E-state index contributed by atoms with van der Waals surface area (Å²) in [5.74, 6) is 1.74. The molecule has 0 aromatic heterocycles. The van der Waals surface area contributed by atoms with E-state index in [2.05, 4.69) is 36.5 Å². The van der Waals surface area contributed by atoms with Crippen LogP contribution in [0.15, 0.2) is 29.2 Å². The second-order valence-electron chi connectivity index (χ2n) is 5.59. The van der Waals surface area contributed by atoms with Gasteiger partial charge in [0.05, 0.1) is 12.2 Å². The highest BCUT2D eigenvalue weighted by atomic mass is 32.2. The molecule has 1 N–H and O–H groups in total. The van der Waals surface area contributed by atoms with Gasteiger partial charge in [0.1, 0.15) is 0 Å². The lowest BCUT2D eigenvalue weighted by Gasteiger charge is -2.35. The van der Waals surface area contributed by atoms with Crippen LogP contribution in [0, 0.1) is 0 Å². The van der Waals surface area contributed by atoms with Crippen LogP contribution >= 0.6 is 11.8 Å². The number of ether oxygens (including phenoxy) is 1. The van der Waals surface area contributed by atoms with Crippen molar-refractivity contribution < 1.29 is 4.74 Å². The smallest absolute Gasteiger partial charge is 0.0779 e. The fourth-order valence-corrected chi connectivity index (χ4v) is 4.05. The molecule has 1 aromatic rings. The molecule has 1 saturated heterocycles. The first-order valence-corrected chi connectivity index (χ1v) is 7.82. The zero-order chi connectivity index (χ0) is 12.4. The van der Waals surface area contributed by atoms with Crippen LogP contribution < -0.4 is 5.32 Å². The molecule has 0 spiro atoms. The van der Waals surface area contributed by atoms with Crippen molar-refractivity contribution in [3.63, 3.8) is 0 Å². The standard InChI is InChI=1S/C15H21NOS/c1-15(7-4-8-16-11-15)17-9-12-10-18-14-6-3-2-5-13(12)14/h2-3,5-6,12,16H,4,7-11H2,1H3. The summed E-state index contributed by atoms with van der Waals surface area (Å²) < 4.78 is 6.24. The Morgan fingerprint density at radius 2 is 2.33 bits per heavy atom. The topological polar surface area (TPSA) is 21.3 Å². The van der Waals surface area contributed by atoms with Gasteiger partial charge in [-0.25, -0.2) is 0 Å². The molecule has 2 heterocycles. The van der Waals surface area contributed by atoms with Crippen molar-refractivity contribution in [2.24, 2.45) is 0 Å². The first-order valence-electron chi connectivity index (χ1n) is 6.83. The van der Waals surface area contributed by atoms with Gasteiger partial charge in [0.2, 0.25) is 0 Å². The number of rotatable bonds is 3. The summed E-state index contributed by atoms with van der Waals surface area (Å²) in [5, 5.41) is 3.44. The zero-order valence-corrected chi connectivity index (χ0v) is 11.8. The third-order valence-corrected chi connectivity index (χ3v) is 5.24. The van der Waals surface area contributed by atoms with Crippen LogP contribution in [0.2, 0.25) is 0 Å². The fourth-order valence-electron chi connectivity index (χ4n) is 2.82. The second kappa shape index (κ2) is 5.24. The van der Waals surface area contributed by atoms with E-state index in [1.807, 2.05) is 11.8 Å². The van der Waals surface area contributed by atoms with Crippen molar-refractivity contribution in [1.29, 1.82) is 0 Å². The number of piperidine rings is 1. The average molecular weight is 263 g/mol. The first-order chi connectivity index (χ1) is 8.77. The molecule has 1 aromatic carbocycles. The highest BCUT2D eigenvalue weighted by Crippen LogP contribution is 2.40. The number of fused-ring (bicyclic) bond motifs is 1. The van der Waals surface area contributed by atoms with Crippen LogP contribution in [0.3, 0.4) is 0 Å². The van der Waals surface area contributed by atoms with Crippen molar-refractivity contribution in [3.8, 4) is 0 Å². The monoisotopic (exact) mass is 263 g/mol. The Morgan fingerprint density at radius 1 is 1.44 bits per heavy atom. The first kappa shape index (κ1) is 12.5.